The topological polar surface area (TPSA) is 44.8 Å². The first-order valence-electron chi connectivity index (χ1n) is 7.35. The van der Waals surface area contributed by atoms with Gasteiger partial charge in [0.15, 0.2) is 0 Å². The molecule has 1 heterocycles. The van der Waals surface area contributed by atoms with Crippen LogP contribution in [0.1, 0.15) is 11.1 Å². The number of rotatable bonds is 4. The second kappa shape index (κ2) is 7.21. The van der Waals surface area contributed by atoms with Crippen LogP contribution in [-0.4, -0.2) is 20.2 Å². The zero-order chi connectivity index (χ0) is 18.0. The van der Waals surface area contributed by atoms with Crippen molar-refractivity contribution in [3.05, 3.63) is 69.2 Å². The zero-order valence-corrected chi connectivity index (χ0v) is 15.0. The fourth-order valence-electron chi connectivity index (χ4n) is 2.43. The van der Waals surface area contributed by atoms with E-state index in [0.29, 0.717) is 44.0 Å². The van der Waals surface area contributed by atoms with E-state index in [2.05, 4.69) is 0 Å². The lowest BCUT2D eigenvalue weighted by molar-refractivity contribution is -0.130. The van der Waals surface area contributed by atoms with Gasteiger partial charge in [-0.2, -0.15) is 0 Å². The number of hydrogen-bond acceptors (Lipinski definition) is 4. The van der Waals surface area contributed by atoms with Crippen molar-refractivity contribution in [1.82, 2.24) is 0 Å². The molecule has 0 aromatic heterocycles. The molecule has 0 spiro atoms. The van der Waals surface area contributed by atoms with Gasteiger partial charge in [0.05, 0.1) is 25.4 Å². The minimum absolute atomic E-state index is 0.342. The zero-order valence-electron chi connectivity index (χ0n) is 13.5. The third-order valence-corrected chi connectivity index (χ3v) is 4.36. The van der Waals surface area contributed by atoms with Crippen molar-refractivity contribution in [2.75, 3.05) is 14.2 Å². The standard InChI is InChI=1S/C19H14Cl2O4/c1-23-12-6-7-17(24-2)14(10-12)18-9-11(19(22)25-18)8-13-15(20)4-3-5-16(13)21/h3-10H,1-2H3/b11-8+. The number of carbonyl (C=O) groups excluding carboxylic acids is 1. The minimum Gasteiger partial charge on any atom is -0.497 e. The van der Waals surface area contributed by atoms with Gasteiger partial charge in [-0.05, 0) is 42.5 Å². The van der Waals surface area contributed by atoms with Gasteiger partial charge in [0.25, 0.3) is 0 Å². The number of methoxy groups -OCH3 is 2. The highest BCUT2D eigenvalue weighted by atomic mass is 35.5. The maximum Gasteiger partial charge on any atom is 0.343 e. The first kappa shape index (κ1) is 17.4. The predicted octanol–water partition coefficient (Wildman–Crippen LogP) is 4.99. The molecule has 4 nitrogen and oxygen atoms in total. The molecule has 1 aliphatic heterocycles. The fourth-order valence-corrected chi connectivity index (χ4v) is 2.94. The summed E-state index contributed by atoms with van der Waals surface area (Å²) < 4.78 is 15.9. The molecule has 2 aromatic rings. The molecular formula is C19H14Cl2O4. The first-order valence-corrected chi connectivity index (χ1v) is 8.11. The summed E-state index contributed by atoms with van der Waals surface area (Å²) in [5.74, 6) is 1.07. The van der Waals surface area contributed by atoms with E-state index in [0.717, 1.165) is 0 Å². The van der Waals surface area contributed by atoms with Gasteiger partial charge in [-0.15, -0.1) is 0 Å². The molecular weight excluding hydrogens is 363 g/mol. The summed E-state index contributed by atoms with van der Waals surface area (Å²) in [5.41, 5.74) is 1.52. The van der Waals surface area contributed by atoms with E-state index in [4.69, 9.17) is 37.4 Å². The largest absolute Gasteiger partial charge is 0.497 e. The van der Waals surface area contributed by atoms with E-state index in [1.54, 1.807) is 62.8 Å². The molecule has 128 valence electrons. The number of hydrogen-bond donors (Lipinski definition) is 0. The molecule has 0 aliphatic carbocycles. The molecule has 0 amide bonds. The molecule has 25 heavy (non-hydrogen) atoms. The third kappa shape index (κ3) is 3.50. The number of cyclic esters (lactones) is 1. The summed E-state index contributed by atoms with van der Waals surface area (Å²) >= 11 is 12.3. The Morgan fingerprint density at radius 1 is 1.04 bits per heavy atom. The van der Waals surface area contributed by atoms with Crippen molar-refractivity contribution in [3.8, 4) is 11.5 Å². The maximum atomic E-state index is 12.2. The van der Waals surface area contributed by atoms with Crippen LogP contribution in [0.25, 0.3) is 11.8 Å². The van der Waals surface area contributed by atoms with E-state index in [1.165, 1.54) is 0 Å². The van der Waals surface area contributed by atoms with Crippen molar-refractivity contribution < 1.29 is 19.0 Å². The van der Waals surface area contributed by atoms with Gasteiger partial charge < -0.3 is 14.2 Å². The van der Waals surface area contributed by atoms with Crippen LogP contribution in [0.4, 0.5) is 0 Å². The van der Waals surface area contributed by atoms with Gasteiger partial charge in [-0.3, -0.25) is 0 Å². The van der Waals surface area contributed by atoms with Crippen molar-refractivity contribution in [2.24, 2.45) is 0 Å². The van der Waals surface area contributed by atoms with Gasteiger partial charge >= 0.3 is 5.97 Å². The van der Waals surface area contributed by atoms with Crippen LogP contribution in [0.3, 0.4) is 0 Å². The Morgan fingerprint density at radius 2 is 1.76 bits per heavy atom. The van der Waals surface area contributed by atoms with Crippen LogP contribution in [0, 0.1) is 0 Å². The molecule has 1 aliphatic rings. The number of benzene rings is 2. The van der Waals surface area contributed by atoms with Crippen LogP contribution in [0.15, 0.2) is 48.0 Å². The Kier molecular flexibility index (Phi) is 5.02. The molecule has 0 saturated carbocycles. The number of carbonyl (C=O) groups is 1. The SMILES string of the molecule is COc1ccc(OC)c(C2=C/C(=C\c3c(Cl)cccc3Cl)C(=O)O2)c1. The van der Waals surface area contributed by atoms with Gasteiger partial charge in [0, 0.05) is 15.6 Å². The Labute approximate surface area is 155 Å². The van der Waals surface area contributed by atoms with Crippen LogP contribution in [0.5, 0.6) is 11.5 Å². The summed E-state index contributed by atoms with van der Waals surface area (Å²) in [4.78, 5) is 12.2. The molecule has 0 N–H and O–H groups in total. The highest BCUT2D eigenvalue weighted by Gasteiger charge is 2.25. The van der Waals surface area contributed by atoms with E-state index < -0.39 is 5.97 Å². The highest BCUT2D eigenvalue weighted by molar-refractivity contribution is 6.37. The molecule has 0 unspecified atom stereocenters. The molecule has 0 bridgehead atoms. The summed E-state index contributed by atoms with van der Waals surface area (Å²) in [7, 11) is 3.11. The maximum absolute atomic E-state index is 12.2. The number of esters is 1. The van der Waals surface area contributed by atoms with Gasteiger partial charge in [0.1, 0.15) is 17.3 Å². The molecule has 6 heteroatoms. The van der Waals surface area contributed by atoms with Crippen LogP contribution in [-0.2, 0) is 9.53 Å². The molecule has 2 aromatic carbocycles. The Hall–Kier alpha value is -2.43. The van der Waals surface area contributed by atoms with Gasteiger partial charge in [0.2, 0.25) is 0 Å². The molecule has 0 saturated heterocycles. The van der Waals surface area contributed by atoms with Crippen LogP contribution < -0.4 is 9.47 Å². The van der Waals surface area contributed by atoms with Gasteiger partial charge in [-0.25, -0.2) is 4.79 Å². The van der Waals surface area contributed by atoms with Gasteiger partial charge in [-0.1, -0.05) is 29.3 Å². The van der Waals surface area contributed by atoms with Crippen molar-refractivity contribution in [2.45, 2.75) is 0 Å². The fraction of sp³-hybridized carbons (Fsp3) is 0.105. The normalized spacial score (nSPS) is 15.1. The third-order valence-electron chi connectivity index (χ3n) is 3.70. The Balaban J connectivity index is 2.05. The summed E-state index contributed by atoms with van der Waals surface area (Å²) in [5, 5.41) is 0.905. The molecule has 0 atom stereocenters. The van der Waals surface area contributed by atoms with Crippen molar-refractivity contribution in [1.29, 1.82) is 0 Å². The number of halogens is 2. The predicted molar refractivity (Wildman–Crippen MR) is 98.1 cm³/mol. The van der Waals surface area contributed by atoms with Crippen molar-refractivity contribution >= 4 is 41.0 Å². The van der Waals surface area contributed by atoms with E-state index in [1.807, 2.05) is 0 Å². The summed E-state index contributed by atoms with van der Waals surface area (Å²) in [6, 6.07) is 10.4. The summed E-state index contributed by atoms with van der Waals surface area (Å²) in [6.07, 6.45) is 3.23. The van der Waals surface area contributed by atoms with Crippen LogP contribution >= 0.6 is 23.2 Å². The first-order chi connectivity index (χ1) is 12.0. The average molecular weight is 377 g/mol. The molecule has 3 rings (SSSR count). The summed E-state index contributed by atoms with van der Waals surface area (Å²) in [6.45, 7) is 0. The smallest absolute Gasteiger partial charge is 0.343 e. The Morgan fingerprint density at radius 3 is 2.40 bits per heavy atom. The van der Waals surface area contributed by atoms with E-state index >= 15 is 0 Å². The second-order valence-corrected chi connectivity index (χ2v) is 6.01. The van der Waals surface area contributed by atoms with E-state index in [9.17, 15) is 4.79 Å². The Bertz CT molecular complexity index is 880. The minimum atomic E-state index is -0.490. The quantitative estimate of drug-likeness (QED) is 0.556. The highest BCUT2D eigenvalue weighted by Crippen LogP contribution is 2.36. The second-order valence-electron chi connectivity index (χ2n) is 5.20. The lowest BCUT2D eigenvalue weighted by Gasteiger charge is -2.10. The van der Waals surface area contributed by atoms with E-state index in [-0.39, 0.29) is 0 Å². The number of ether oxygens (including phenoxy) is 3. The molecule has 0 fully saturated rings. The lowest BCUT2D eigenvalue weighted by atomic mass is 10.1. The lowest BCUT2D eigenvalue weighted by Crippen LogP contribution is -1.99. The molecule has 0 radical (unpaired) electrons. The van der Waals surface area contributed by atoms with Crippen LogP contribution in [0.2, 0.25) is 10.0 Å². The monoisotopic (exact) mass is 376 g/mol. The van der Waals surface area contributed by atoms with Crippen molar-refractivity contribution in [3.63, 3.8) is 0 Å². The average Bonchev–Trinajstić information content (AvgIpc) is 2.98.